The first-order valence-corrected chi connectivity index (χ1v) is 9.73. The Bertz CT molecular complexity index is 849. The molecule has 1 fully saturated rings. The van der Waals surface area contributed by atoms with E-state index in [2.05, 4.69) is 36.5 Å². The van der Waals surface area contributed by atoms with Crippen LogP contribution in [-0.2, 0) is 20.7 Å². The maximum absolute atomic E-state index is 12.8. The number of carbonyl (C=O) groups is 2. The Morgan fingerprint density at radius 3 is 2.71 bits per heavy atom. The van der Waals surface area contributed by atoms with Gasteiger partial charge in [-0.1, -0.05) is 54.1 Å². The quantitative estimate of drug-likeness (QED) is 0.784. The van der Waals surface area contributed by atoms with Crippen LogP contribution in [-0.4, -0.2) is 43.0 Å². The van der Waals surface area contributed by atoms with E-state index in [9.17, 15) is 9.59 Å². The van der Waals surface area contributed by atoms with Crippen molar-refractivity contribution in [2.75, 3.05) is 20.2 Å². The molecule has 2 aromatic carbocycles. The summed E-state index contributed by atoms with van der Waals surface area (Å²) in [6.45, 7) is 4.57. The fourth-order valence-electron chi connectivity index (χ4n) is 3.69. The maximum atomic E-state index is 12.8. The van der Waals surface area contributed by atoms with Gasteiger partial charge in [-0.05, 0) is 43.4 Å². The van der Waals surface area contributed by atoms with Gasteiger partial charge in [0.25, 0.3) is 5.91 Å². The number of benzene rings is 2. The van der Waals surface area contributed by atoms with Crippen molar-refractivity contribution in [2.45, 2.75) is 38.8 Å². The fourth-order valence-corrected chi connectivity index (χ4v) is 3.69. The zero-order chi connectivity index (χ0) is 20.1. The molecule has 0 spiro atoms. The van der Waals surface area contributed by atoms with Crippen LogP contribution in [0.2, 0.25) is 0 Å². The van der Waals surface area contributed by atoms with Crippen LogP contribution in [0.1, 0.15) is 34.7 Å². The normalized spacial score (nSPS) is 19.5. The van der Waals surface area contributed by atoms with E-state index in [1.165, 1.54) is 11.1 Å². The van der Waals surface area contributed by atoms with Crippen LogP contribution in [0.4, 0.5) is 0 Å². The van der Waals surface area contributed by atoms with Gasteiger partial charge < -0.3 is 15.0 Å². The zero-order valence-electron chi connectivity index (χ0n) is 16.8. The first-order valence-electron chi connectivity index (χ1n) is 9.73. The van der Waals surface area contributed by atoms with Crippen molar-refractivity contribution in [2.24, 2.45) is 0 Å². The summed E-state index contributed by atoms with van der Waals surface area (Å²) in [6, 6.07) is 15.8. The number of morpholine rings is 1. The molecule has 0 radical (unpaired) electrons. The van der Waals surface area contributed by atoms with Crippen LogP contribution in [0.5, 0.6) is 0 Å². The lowest BCUT2D eigenvalue weighted by atomic mass is 9.94. The molecule has 2 aromatic rings. The minimum atomic E-state index is -0.706. The van der Waals surface area contributed by atoms with E-state index in [1.807, 2.05) is 31.2 Å². The summed E-state index contributed by atoms with van der Waals surface area (Å²) in [5.74, 6) is -0.284. The number of rotatable bonds is 6. The summed E-state index contributed by atoms with van der Waals surface area (Å²) >= 11 is 0. The van der Waals surface area contributed by atoms with Gasteiger partial charge in [0.05, 0.1) is 6.04 Å². The van der Waals surface area contributed by atoms with Crippen molar-refractivity contribution in [1.29, 1.82) is 0 Å². The number of carbonyl (C=O) groups excluding carboxylic acids is 2. The molecule has 2 amide bonds. The second-order valence-electron chi connectivity index (χ2n) is 7.42. The topological polar surface area (TPSA) is 58.6 Å². The Hall–Kier alpha value is -2.66. The monoisotopic (exact) mass is 380 g/mol. The van der Waals surface area contributed by atoms with Gasteiger partial charge in [0.15, 0.2) is 6.10 Å². The average Bonchev–Trinajstić information content (AvgIpc) is 2.68. The van der Waals surface area contributed by atoms with Gasteiger partial charge in [0, 0.05) is 13.6 Å². The van der Waals surface area contributed by atoms with Crippen LogP contribution in [0.15, 0.2) is 48.5 Å². The van der Waals surface area contributed by atoms with Gasteiger partial charge >= 0.3 is 0 Å². The molecule has 5 heteroatoms. The van der Waals surface area contributed by atoms with Gasteiger partial charge in [-0.15, -0.1) is 0 Å². The Kier molecular flexibility index (Phi) is 6.47. The highest BCUT2D eigenvalue weighted by molar-refractivity contribution is 5.86. The molecule has 5 nitrogen and oxygen atoms in total. The Balaban J connectivity index is 1.63. The van der Waals surface area contributed by atoms with Crippen LogP contribution in [0.25, 0.3) is 0 Å². The summed E-state index contributed by atoms with van der Waals surface area (Å²) in [4.78, 5) is 26.6. The smallest absolute Gasteiger partial charge is 0.251 e. The zero-order valence-corrected chi connectivity index (χ0v) is 16.8. The minimum absolute atomic E-state index is 0.0692. The number of hydrogen-bond acceptors (Lipinski definition) is 3. The summed E-state index contributed by atoms with van der Waals surface area (Å²) in [6.07, 6.45) is 1.06. The highest BCUT2D eigenvalue weighted by Gasteiger charge is 2.40. The first kappa shape index (κ1) is 20.1. The van der Waals surface area contributed by atoms with Crippen LogP contribution >= 0.6 is 0 Å². The van der Waals surface area contributed by atoms with Crippen molar-refractivity contribution >= 4 is 11.8 Å². The van der Waals surface area contributed by atoms with E-state index < -0.39 is 12.1 Å². The summed E-state index contributed by atoms with van der Waals surface area (Å²) < 4.78 is 5.67. The summed E-state index contributed by atoms with van der Waals surface area (Å²) in [5, 5.41) is 2.99. The number of nitrogens with zero attached hydrogens (tertiary/aromatic N) is 1. The predicted octanol–water partition coefficient (Wildman–Crippen LogP) is 2.95. The molecule has 0 saturated carbocycles. The molecule has 3 rings (SSSR count). The lowest BCUT2D eigenvalue weighted by Crippen LogP contribution is -2.53. The van der Waals surface area contributed by atoms with Gasteiger partial charge in [-0.3, -0.25) is 9.59 Å². The third-order valence-corrected chi connectivity index (χ3v) is 5.27. The SMILES string of the molecule is Cc1cccc(CCCNC(=O)[C@H]2OCC(=O)N(C)[C@@H]2c2ccccc2C)c1. The molecule has 0 unspecified atom stereocenters. The van der Waals surface area contributed by atoms with Crippen molar-refractivity contribution in [1.82, 2.24) is 10.2 Å². The second kappa shape index (κ2) is 9.02. The molecule has 0 bridgehead atoms. The molecule has 1 N–H and O–H groups in total. The number of amides is 2. The number of nitrogens with one attached hydrogen (secondary N) is 1. The summed E-state index contributed by atoms with van der Waals surface area (Å²) in [5.41, 5.74) is 4.49. The maximum Gasteiger partial charge on any atom is 0.251 e. The first-order chi connectivity index (χ1) is 13.5. The van der Waals surface area contributed by atoms with E-state index in [0.29, 0.717) is 6.54 Å². The number of aryl methyl sites for hydroxylation is 3. The molecular formula is C23H28N2O3. The van der Waals surface area contributed by atoms with Gasteiger partial charge in [0.2, 0.25) is 5.91 Å². The molecule has 2 atom stereocenters. The van der Waals surface area contributed by atoms with Crippen LogP contribution < -0.4 is 5.32 Å². The molecule has 1 heterocycles. The lowest BCUT2D eigenvalue weighted by molar-refractivity contribution is -0.162. The highest BCUT2D eigenvalue weighted by Crippen LogP contribution is 2.31. The van der Waals surface area contributed by atoms with Crippen molar-refractivity contribution in [3.8, 4) is 0 Å². The van der Waals surface area contributed by atoms with E-state index >= 15 is 0 Å². The standard InChI is InChI=1S/C23H28N2O3/c1-16-8-6-10-18(14-16)11-7-13-24-23(27)22-21(25(3)20(26)15-28-22)19-12-5-4-9-17(19)2/h4-6,8-10,12,14,21-22H,7,11,13,15H2,1-3H3,(H,24,27)/t21-,22+/m1/s1. The van der Waals surface area contributed by atoms with Crippen molar-refractivity contribution < 1.29 is 14.3 Å². The van der Waals surface area contributed by atoms with Crippen LogP contribution in [0, 0.1) is 13.8 Å². The fraction of sp³-hybridized carbons (Fsp3) is 0.391. The van der Waals surface area contributed by atoms with Gasteiger partial charge in [0.1, 0.15) is 6.61 Å². The third kappa shape index (κ3) is 4.60. The summed E-state index contributed by atoms with van der Waals surface area (Å²) in [7, 11) is 1.74. The predicted molar refractivity (Wildman–Crippen MR) is 109 cm³/mol. The average molecular weight is 380 g/mol. The number of likely N-dealkylation sites (N-methyl/N-ethyl adjacent to an activating group) is 1. The molecule has 1 aliphatic rings. The Labute approximate surface area is 166 Å². The van der Waals surface area contributed by atoms with Gasteiger partial charge in [-0.25, -0.2) is 0 Å². The van der Waals surface area contributed by atoms with E-state index in [-0.39, 0.29) is 18.4 Å². The molecule has 148 valence electrons. The molecular weight excluding hydrogens is 352 g/mol. The van der Waals surface area contributed by atoms with Crippen molar-refractivity contribution in [3.05, 3.63) is 70.8 Å². The minimum Gasteiger partial charge on any atom is -0.356 e. The molecule has 1 aliphatic heterocycles. The molecule has 1 saturated heterocycles. The largest absolute Gasteiger partial charge is 0.356 e. The third-order valence-electron chi connectivity index (χ3n) is 5.27. The van der Waals surface area contributed by atoms with Gasteiger partial charge in [-0.2, -0.15) is 0 Å². The van der Waals surface area contributed by atoms with Crippen molar-refractivity contribution in [3.63, 3.8) is 0 Å². The number of hydrogen-bond donors (Lipinski definition) is 1. The highest BCUT2D eigenvalue weighted by atomic mass is 16.5. The molecule has 28 heavy (non-hydrogen) atoms. The van der Waals surface area contributed by atoms with Crippen LogP contribution in [0.3, 0.4) is 0 Å². The Morgan fingerprint density at radius 1 is 1.18 bits per heavy atom. The molecule has 0 aromatic heterocycles. The lowest BCUT2D eigenvalue weighted by Gasteiger charge is -2.38. The second-order valence-corrected chi connectivity index (χ2v) is 7.42. The van der Waals surface area contributed by atoms with E-state index in [1.54, 1.807) is 11.9 Å². The number of ether oxygens (including phenoxy) is 1. The van der Waals surface area contributed by atoms with E-state index in [0.717, 1.165) is 24.0 Å². The van der Waals surface area contributed by atoms with E-state index in [4.69, 9.17) is 4.74 Å². The Morgan fingerprint density at radius 2 is 1.96 bits per heavy atom. The molecule has 0 aliphatic carbocycles.